The van der Waals surface area contributed by atoms with Crippen LogP contribution in [0.2, 0.25) is 0 Å². The van der Waals surface area contributed by atoms with Gasteiger partial charge < -0.3 is 9.47 Å². The quantitative estimate of drug-likeness (QED) is 0.570. The molecule has 14 heavy (non-hydrogen) atoms. The van der Waals surface area contributed by atoms with Gasteiger partial charge >= 0.3 is 0 Å². The second kappa shape index (κ2) is 6.59. The van der Waals surface area contributed by atoms with Gasteiger partial charge in [0.1, 0.15) is 12.9 Å². The van der Waals surface area contributed by atoms with Crippen molar-refractivity contribution in [3.05, 3.63) is 24.7 Å². The van der Waals surface area contributed by atoms with E-state index in [1.165, 1.54) is 31.3 Å². The molecule has 0 saturated carbocycles. The van der Waals surface area contributed by atoms with Crippen molar-refractivity contribution in [2.24, 2.45) is 9.98 Å². The van der Waals surface area contributed by atoms with Crippen LogP contribution in [-0.2, 0) is 14.3 Å². The van der Waals surface area contributed by atoms with Crippen LogP contribution in [0.5, 0.6) is 0 Å². The minimum atomic E-state index is -0.159. The third kappa shape index (κ3) is 4.87. The van der Waals surface area contributed by atoms with Crippen molar-refractivity contribution in [3.63, 3.8) is 0 Å². The molecule has 0 unspecified atom stereocenters. The number of rotatable bonds is 0. The van der Waals surface area contributed by atoms with Gasteiger partial charge in [0.15, 0.2) is 13.0 Å². The van der Waals surface area contributed by atoms with Gasteiger partial charge in [-0.25, -0.2) is 4.99 Å². The average molecular weight is 194 g/mol. The van der Waals surface area contributed by atoms with Crippen LogP contribution in [0.3, 0.4) is 0 Å². The molecular weight excluding hydrogens is 184 g/mol. The largest absolute Gasteiger partial charge is 0.492 e. The molecular formula is C9H10N2O3. The minimum Gasteiger partial charge on any atom is -0.492 e. The number of Topliss-reactive ketones (excluding diaryl/α,β-unsaturated/α-hetero) is 1. The summed E-state index contributed by atoms with van der Waals surface area (Å²) in [6.07, 6.45) is 8.66. The smallest absolute Gasteiger partial charge is 0.207 e. The monoisotopic (exact) mass is 194 g/mol. The lowest BCUT2D eigenvalue weighted by atomic mass is 10.4. The number of hydrogen-bond donors (Lipinski definition) is 0. The van der Waals surface area contributed by atoms with Gasteiger partial charge in [0.25, 0.3) is 0 Å². The molecule has 1 rings (SSSR count). The van der Waals surface area contributed by atoms with Crippen LogP contribution in [0.4, 0.5) is 0 Å². The Morgan fingerprint density at radius 1 is 1.14 bits per heavy atom. The molecule has 0 fully saturated rings. The fraction of sp³-hybridized carbons (Fsp3) is 0.222. The van der Waals surface area contributed by atoms with Crippen molar-refractivity contribution in [2.45, 2.75) is 0 Å². The Morgan fingerprint density at radius 2 is 2.00 bits per heavy atom. The molecule has 5 heteroatoms. The van der Waals surface area contributed by atoms with E-state index in [4.69, 9.17) is 9.47 Å². The first-order valence-corrected chi connectivity index (χ1v) is 3.99. The SMILES string of the molecule is O=C1COC=CN=CC=CN=COC1. The summed E-state index contributed by atoms with van der Waals surface area (Å²) in [5.74, 6) is -0.159. The van der Waals surface area contributed by atoms with Gasteiger partial charge in [0.05, 0.1) is 6.20 Å². The molecule has 5 nitrogen and oxygen atoms in total. The second-order valence-electron chi connectivity index (χ2n) is 2.34. The standard InChI is InChI=1S/C9H10N2O3/c12-9-6-13-5-4-10-2-1-3-11-8-14-7-9/h1-5,8H,6-7H2. The summed E-state index contributed by atoms with van der Waals surface area (Å²) in [4.78, 5) is 18.5. The highest BCUT2D eigenvalue weighted by atomic mass is 16.5. The van der Waals surface area contributed by atoms with E-state index in [9.17, 15) is 4.79 Å². The molecule has 74 valence electrons. The summed E-state index contributed by atoms with van der Waals surface area (Å²) in [5, 5.41) is 0. The van der Waals surface area contributed by atoms with E-state index in [2.05, 4.69) is 9.98 Å². The number of ketones is 1. The Kier molecular flexibility index (Phi) is 4.79. The molecule has 0 aliphatic carbocycles. The minimum absolute atomic E-state index is 0.0205. The summed E-state index contributed by atoms with van der Waals surface area (Å²) < 4.78 is 9.69. The summed E-state index contributed by atoms with van der Waals surface area (Å²) in [7, 11) is 0. The highest BCUT2D eigenvalue weighted by molar-refractivity contribution is 5.81. The lowest BCUT2D eigenvalue weighted by Gasteiger charge is -1.98. The number of carbonyl (C=O) groups is 1. The first-order valence-electron chi connectivity index (χ1n) is 3.99. The first kappa shape index (κ1) is 10.2. The van der Waals surface area contributed by atoms with Gasteiger partial charge in [-0.3, -0.25) is 9.79 Å². The van der Waals surface area contributed by atoms with Crippen LogP contribution >= 0.6 is 0 Å². The highest BCUT2D eigenvalue weighted by Crippen LogP contribution is 1.84. The zero-order valence-corrected chi connectivity index (χ0v) is 7.50. The molecule has 0 N–H and O–H groups in total. The maximum Gasteiger partial charge on any atom is 0.207 e. The Hall–Kier alpha value is -1.91. The normalized spacial score (nSPS) is 17.6. The summed E-state index contributed by atoms with van der Waals surface area (Å²) in [5.41, 5.74) is 0. The fourth-order valence-corrected chi connectivity index (χ4v) is 0.657. The van der Waals surface area contributed by atoms with Crippen LogP contribution in [0.15, 0.2) is 34.7 Å². The Balaban J connectivity index is 2.51. The zero-order valence-electron chi connectivity index (χ0n) is 7.50. The Labute approximate surface area is 81.5 Å². The van der Waals surface area contributed by atoms with Gasteiger partial charge in [0, 0.05) is 12.4 Å². The molecule has 1 heterocycles. The number of hydrogen-bond acceptors (Lipinski definition) is 5. The molecule has 0 bridgehead atoms. The molecule has 0 radical (unpaired) electrons. The van der Waals surface area contributed by atoms with E-state index in [1.807, 2.05) is 0 Å². The third-order valence-corrected chi connectivity index (χ3v) is 1.21. The number of ether oxygens (including phenoxy) is 2. The van der Waals surface area contributed by atoms with Crippen molar-refractivity contribution >= 4 is 18.4 Å². The second-order valence-corrected chi connectivity index (χ2v) is 2.34. The van der Waals surface area contributed by atoms with Crippen LogP contribution in [0.25, 0.3) is 0 Å². The number of carbonyl (C=O) groups excluding carboxylic acids is 1. The van der Waals surface area contributed by atoms with E-state index in [0.29, 0.717) is 0 Å². The van der Waals surface area contributed by atoms with Gasteiger partial charge in [-0.1, -0.05) is 0 Å². The van der Waals surface area contributed by atoms with Gasteiger partial charge in [-0.2, -0.15) is 0 Å². The summed E-state index contributed by atoms with van der Waals surface area (Å²) in [6.45, 7) is -0.0562. The molecule has 0 saturated heterocycles. The Morgan fingerprint density at radius 3 is 2.93 bits per heavy atom. The fourth-order valence-electron chi connectivity index (χ4n) is 0.657. The predicted octanol–water partition coefficient (Wildman–Crippen LogP) is 0.686. The van der Waals surface area contributed by atoms with Crippen LogP contribution in [0, 0.1) is 0 Å². The summed E-state index contributed by atoms with van der Waals surface area (Å²) >= 11 is 0. The van der Waals surface area contributed by atoms with Gasteiger partial charge in [0.2, 0.25) is 5.78 Å². The lowest BCUT2D eigenvalue weighted by Crippen LogP contribution is -2.13. The van der Waals surface area contributed by atoms with Gasteiger partial charge in [-0.05, 0) is 6.08 Å². The number of nitrogens with zero attached hydrogens (tertiary/aromatic N) is 2. The molecule has 0 spiro atoms. The van der Waals surface area contributed by atoms with E-state index < -0.39 is 0 Å². The maximum atomic E-state index is 11.0. The van der Waals surface area contributed by atoms with E-state index in [0.717, 1.165) is 0 Å². The lowest BCUT2D eigenvalue weighted by molar-refractivity contribution is -0.124. The zero-order chi connectivity index (χ0) is 10.1. The van der Waals surface area contributed by atoms with Crippen molar-refractivity contribution in [3.8, 4) is 0 Å². The molecule has 0 aromatic rings. The van der Waals surface area contributed by atoms with Crippen molar-refractivity contribution in [2.75, 3.05) is 13.2 Å². The molecule has 0 aromatic heterocycles. The molecule has 0 atom stereocenters. The van der Waals surface area contributed by atoms with Crippen molar-refractivity contribution < 1.29 is 14.3 Å². The first-order chi connectivity index (χ1) is 6.89. The van der Waals surface area contributed by atoms with Crippen LogP contribution < -0.4 is 0 Å². The molecule has 0 amide bonds. The van der Waals surface area contributed by atoms with Crippen molar-refractivity contribution in [1.82, 2.24) is 0 Å². The van der Waals surface area contributed by atoms with Crippen molar-refractivity contribution in [1.29, 1.82) is 0 Å². The molecule has 1 aliphatic rings. The molecule has 0 aromatic carbocycles. The van der Waals surface area contributed by atoms with Crippen LogP contribution in [0.1, 0.15) is 0 Å². The maximum absolute atomic E-state index is 11.0. The summed E-state index contributed by atoms with van der Waals surface area (Å²) in [6, 6.07) is 0. The van der Waals surface area contributed by atoms with Gasteiger partial charge in [-0.15, -0.1) is 0 Å². The van der Waals surface area contributed by atoms with E-state index >= 15 is 0 Å². The predicted molar refractivity (Wildman–Crippen MR) is 52.2 cm³/mol. The average Bonchev–Trinajstić information content (AvgIpc) is 2.20. The number of aliphatic imine (C=N–C) groups is 2. The third-order valence-electron chi connectivity index (χ3n) is 1.21. The Bertz CT molecular complexity index is 264. The van der Waals surface area contributed by atoms with E-state index in [1.54, 1.807) is 6.08 Å². The molecule has 1 aliphatic heterocycles. The topological polar surface area (TPSA) is 60.2 Å². The van der Waals surface area contributed by atoms with Crippen LogP contribution in [-0.4, -0.2) is 31.6 Å². The highest BCUT2D eigenvalue weighted by Gasteiger charge is 1.99. The number of allylic oxidation sites excluding steroid dienone is 1. The van der Waals surface area contributed by atoms with E-state index in [-0.39, 0.29) is 19.0 Å².